The van der Waals surface area contributed by atoms with E-state index in [9.17, 15) is 19.2 Å². The van der Waals surface area contributed by atoms with Crippen LogP contribution >= 0.6 is 0 Å². The molecular weight excluding hydrogens is 500 g/mol. The highest BCUT2D eigenvalue weighted by atomic mass is 16.5. The number of fused-ring (bicyclic) bond motifs is 1. The van der Waals surface area contributed by atoms with E-state index < -0.39 is 23.8 Å². The Bertz CT molecular complexity index is 1410. The van der Waals surface area contributed by atoms with Crippen LogP contribution in [0.5, 0.6) is 0 Å². The number of H-pyrrole nitrogens is 1. The number of rotatable bonds is 11. The number of aromatic amines is 1. The molecule has 1 unspecified atom stereocenters. The molecule has 3 aromatic rings. The number of Topliss-reactive ketones (excluding diaryl/α,β-unsaturated/α-hetero) is 1. The van der Waals surface area contributed by atoms with E-state index in [2.05, 4.69) is 10.3 Å². The number of nitrogens with zero attached hydrogens (tertiary/aromatic N) is 1. The first-order valence-electron chi connectivity index (χ1n) is 12.8. The maximum Gasteiger partial charge on any atom is 0.328 e. The number of hydrogen-bond acceptors (Lipinski definition) is 7. The maximum atomic E-state index is 13.0. The number of aromatic nitrogens is 1. The van der Waals surface area contributed by atoms with Gasteiger partial charge in [0, 0.05) is 47.5 Å². The monoisotopic (exact) mass is 532 g/mol. The Hall–Kier alpha value is -4.67. The van der Waals surface area contributed by atoms with Crippen molar-refractivity contribution in [3.63, 3.8) is 0 Å². The Morgan fingerprint density at radius 2 is 1.90 bits per heavy atom. The number of nitrogens with two attached hydrogens (primary N) is 2. The average Bonchev–Trinajstić information content (AvgIpc) is 3.46. The zero-order chi connectivity index (χ0) is 28.1. The van der Waals surface area contributed by atoms with Crippen molar-refractivity contribution >= 4 is 51.7 Å². The Labute approximate surface area is 225 Å². The predicted molar refractivity (Wildman–Crippen MR) is 147 cm³/mol. The number of carbonyl (C=O) groups excluding carboxylic acids is 4. The summed E-state index contributed by atoms with van der Waals surface area (Å²) >= 11 is 0. The van der Waals surface area contributed by atoms with Crippen LogP contribution < -0.4 is 21.7 Å². The Kier molecular flexibility index (Phi) is 8.28. The van der Waals surface area contributed by atoms with Crippen molar-refractivity contribution in [1.82, 2.24) is 10.3 Å². The predicted octanol–water partition coefficient (Wildman–Crippen LogP) is 2.49. The zero-order valence-corrected chi connectivity index (χ0v) is 21.7. The van der Waals surface area contributed by atoms with Crippen LogP contribution in [0, 0.1) is 11.3 Å². The summed E-state index contributed by atoms with van der Waals surface area (Å²) in [5.41, 5.74) is 14.0. The zero-order valence-electron chi connectivity index (χ0n) is 21.7. The molecule has 11 heteroatoms. The van der Waals surface area contributed by atoms with Crippen molar-refractivity contribution < 1.29 is 23.9 Å². The number of benzene rings is 2. The van der Waals surface area contributed by atoms with Crippen LogP contribution in [0.4, 0.5) is 11.4 Å². The second kappa shape index (κ2) is 11.8. The first-order valence-corrected chi connectivity index (χ1v) is 12.8. The lowest BCUT2D eigenvalue weighted by Gasteiger charge is -2.18. The molecule has 0 saturated carbocycles. The van der Waals surface area contributed by atoms with Gasteiger partial charge < -0.3 is 31.4 Å². The molecule has 1 aliphatic heterocycles. The third kappa shape index (κ3) is 6.08. The summed E-state index contributed by atoms with van der Waals surface area (Å²) in [7, 11) is 0. The standard InChI is InChI=1S/C28H32N6O5/c1-2-39-28(38)22(33-26(36)24-23(29)20-5-3-4-6-21(20)32-24)12-11-19(35)15-17-13-14-34(27(17)37)18-9-7-16(8-10-18)25(30)31/h3-10,17,22,32H,2,11-15,29H2,1H3,(H3,30,31)(H,33,36)/t17?,22-/m0/s1. The van der Waals surface area contributed by atoms with Crippen LogP contribution in [-0.4, -0.2) is 53.6 Å². The number of ketones is 1. The van der Waals surface area contributed by atoms with E-state index in [0.29, 0.717) is 35.1 Å². The van der Waals surface area contributed by atoms with Crippen LogP contribution in [0.2, 0.25) is 0 Å². The number of para-hydroxylation sites is 1. The van der Waals surface area contributed by atoms with E-state index in [0.717, 1.165) is 0 Å². The molecule has 0 spiro atoms. The summed E-state index contributed by atoms with van der Waals surface area (Å²) in [6.45, 7) is 2.25. The number of nitrogens with one attached hydrogen (secondary N) is 3. The number of nitrogen functional groups attached to an aromatic ring is 2. The number of amides is 2. The van der Waals surface area contributed by atoms with Crippen molar-refractivity contribution in [2.45, 2.75) is 38.6 Å². The number of amidine groups is 1. The summed E-state index contributed by atoms with van der Waals surface area (Å²) in [4.78, 5) is 55.9. The second-order valence-electron chi connectivity index (χ2n) is 9.45. The van der Waals surface area contributed by atoms with E-state index in [1.165, 1.54) is 0 Å². The van der Waals surface area contributed by atoms with Crippen LogP contribution in [0.1, 0.15) is 48.7 Å². The molecule has 0 radical (unpaired) electrons. The lowest BCUT2D eigenvalue weighted by molar-refractivity contribution is -0.145. The molecule has 0 bridgehead atoms. The summed E-state index contributed by atoms with van der Waals surface area (Å²) in [5, 5.41) is 10.8. The Balaban J connectivity index is 1.36. The van der Waals surface area contributed by atoms with Crippen molar-refractivity contribution in [1.29, 1.82) is 5.41 Å². The largest absolute Gasteiger partial charge is 0.464 e. The van der Waals surface area contributed by atoms with Crippen LogP contribution in [-0.2, 0) is 19.1 Å². The molecule has 2 aromatic carbocycles. The topological polar surface area (TPSA) is 184 Å². The minimum absolute atomic E-state index is 0.0109. The van der Waals surface area contributed by atoms with E-state index in [1.54, 1.807) is 54.3 Å². The van der Waals surface area contributed by atoms with Gasteiger partial charge >= 0.3 is 5.97 Å². The molecular formula is C28H32N6O5. The molecule has 2 amide bonds. The first kappa shape index (κ1) is 27.4. The van der Waals surface area contributed by atoms with Gasteiger partial charge in [-0.25, -0.2) is 4.79 Å². The normalized spacial score (nSPS) is 15.8. The summed E-state index contributed by atoms with van der Waals surface area (Å²) in [6.07, 6.45) is 0.583. The average molecular weight is 533 g/mol. The molecule has 2 heterocycles. The quantitative estimate of drug-likeness (QED) is 0.143. The smallest absolute Gasteiger partial charge is 0.328 e. The molecule has 204 valence electrons. The molecule has 1 fully saturated rings. The molecule has 0 aliphatic carbocycles. The minimum atomic E-state index is -1.05. The molecule has 2 atom stereocenters. The van der Waals surface area contributed by atoms with Crippen LogP contribution in [0.15, 0.2) is 48.5 Å². The number of ether oxygens (including phenoxy) is 1. The van der Waals surface area contributed by atoms with Gasteiger partial charge in [0.25, 0.3) is 5.91 Å². The van der Waals surface area contributed by atoms with E-state index >= 15 is 0 Å². The maximum absolute atomic E-state index is 13.0. The van der Waals surface area contributed by atoms with Gasteiger partial charge in [0.15, 0.2) is 0 Å². The SMILES string of the molecule is CCOC(=O)[C@H](CCC(=O)CC1CCN(c2ccc(C(=N)N)cc2)C1=O)NC(=O)c1[nH]c2ccccc2c1N. The van der Waals surface area contributed by atoms with Crippen molar-refractivity contribution in [3.8, 4) is 0 Å². The Morgan fingerprint density at radius 1 is 1.18 bits per heavy atom. The summed E-state index contributed by atoms with van der Waals surface area (Å²) in [5.74, 6) is -2.08. The van der Waals surface area contributed by atoms with Gasteiger partial charge in [0.1, 0.15) is 23.4 Å². The van der Waals surface area contributed by atoms with Gasteiger partial charge in [-0.3, -0.25) is 19.8 Å². The Morgan fingerprint density at radius 3 is 2.56 bits per heavy atom. The fourth-order valence-corrected chi connectivity index (χ4v) is 4.75. The number of carbonyl (C=O) groups is 4. The van der Waals surface area contributed by atoms with Crippen LogP contribution in [0.3, 0.4) is 0 Å². The highest BCUT2D eigenvalue weighted by molar-refractivity contribution is 6.08. The number of esters is 1. The lowest BCUT2D eigenvalue weighted by Crippen LogP contribution is -2.42. The number of hydrogen-bond donors (Lipinski definition) is 5. The second-order valence-corrected chi connectivity index (χ2v) is 9.45. The lowest BCUT2D eigenvalue weighted by atomic mass is 9.97. The van der Waals surface area contributed by atoms with Gasteiger partial charge in [-0.05, 0) is 50.1 Å². The summed E-state index contributed by atoms with van der Waals surface area (Å²) < 4.78 is 5.11. The van der Waals surface area contributed by atoms with Gasteiger partial charge in [-0.2, -0.15) is 0 Å². The van der Waals surface area contributed by atoms with Gasteiger partial charge in [0.05, 0.1) is 12.3 Å². The van der Waals surface area contributed by atoms with E-state index in [1.807, 2.05) is 6.07 Å². The first-order chi connectivity index (χ1) is 18.7. The molecule has 4 rings (SSSR count). The molecule has 11 nitrogen and oxygen atoms in total. The highest BCUT2D eigenvalue weighted by Crippen LogP contribution is 2.28. The van der Waals surface area contributed by atoms with Crippen molar-refractivity contribution in [2.75, 3.05) is 23.8 Å². The van der Waals surface area contributed by atoms with Gasteiger partial charge in [-0.15, -0.1) is 0 Å². The number of anilines is 2. The van der Waals surface area contributed by atoms with Gasteiger partial charge in [-0.1, -0.05) is 18.2 Å². The fourth-order valence-electron chi connectivity index (χ4n) is 4.75. The summed E-state index contributed by atoms with van der Waals surface area (Å²) in [6, 6.07) is 12.9. The fraction of sp³-hybridized carbons (Fsp3) is 0.321. The third-order valence-corrected chi connectivity index (χ3v) is 6.84. The highest BCUT2D eigenvalue weighted by Gasteiger charge is 2.34. The molecule has 1 aliphatic rings. The van der Waals surface area contributed by atoms with Gasteiger partial charge in [0.2, 0.25) is 5.91 Å². The van der Waals surface area contributed by atoms with Crippen molar-refractivity contribution in [2.24, 2.45) is 11.7 Å². The van der Waals surface area contributed by atoms with E-state index in [4.69, 9.17) is 21.6 Å². The molecule has 39 heavy (non-hydrogen) atoms. The van der Waals surface area contributed by atoms with Crippen molar-refractivity contribution in [3.05, 3.63) is 59.8 Å². The molecule has 1 saturated heterocycles. The molecule has 1 aromatic heterocycles. The van der Waals surface area contributed by atoms with E-state index in [-0.39, 0.29) is 54.8 Å². The van der Waals surface area contributed by atoms with Crippen LogP contribution in [0.25, 0.3) is 10.9 Å². The molecule has 7 N–H and O–H groups in total. The third-order valence-electron chi connectivity index (χ3n) is 6.84. The minimum Gasteiger partial charge on any atom is -0.464 e.